The molecular weight excluding hydrogens is 452 g/mol. The Morgan fingerprint density at radius 1 is 0.622 bits per heavy atom. The van der Waals surface area contributed by atoms with Crippen molar-refractivity contribution in [3.05, 3.63) is 81.4 Å². The molecule has 2 unspecified atom stereocenters. The van der Waals surface area contributed by atoms with Gasteiger partial charge in [0.2, 0.25) is 0 Å². The first-order chi connectivity index (χ1) is 17.6. The normalized spacial score (nSPS) is 13.5. The molecule has 0 aliphatic carbocycles. The summed E-state index contributed by atoms with van der Waals surface area (Å²) in [7, 11) is 0. The van der Waals surface area contributed by atoms with Crippen LogP contribution in [0.2, 0.25) is 0 Å². The number of hydrogen-bond acceptors (Lipinski definition) is 4. The van der Waals surface area contributed by atoms with Crippen LogP contribution in [0, 0.1) is 0 Å². The SMILES string of the molecule is CCc1ncnc(CC)c1C(C)Cc1cncc(C(C)Cc2ccnc(C(C)C)c2C(C)C)c1C(C)C. The highest BCUT2D eigenvalue weighted by atomic mass is 14.8. The lowest BCUT2D eigenvalue weighted by Gasteiger charge is -2.26. The van der Waals surface area contributed by atoms with Crippen LogP contribution in [0.15, 0.2) is 31.0 Å². The molecule has 3 aromatic heterocycles. The Hall–Kier alpha value is -2.62. The molecule has 0 N–H and O–H groups in total. The van der Waals surface area contributed by atoms with Gasteiger partial charge < -0.3 is 0 Å². The second-order valence-corrected chi connectivity index (χ2v) is 11.6. The average Bonchev–Trinajstić information content (AvgIpc) is 2.87. The number of rotatable bonds is 11. The predicted octanol–water partition coefficient (Wildman–Crippen LogP) is 8.45. The van der Waals surface area contributed by atoms with E-state index in [4.69, 9.17) is 9.97 Å². The Morgan fingerprint density at radius 3 is 1.76 bits per heavy atom. The molecule has 3 rings (SSSR count). The van der Waals surface area contributed by atoms with E-state index in [2.05, 4.69) is 97.7 Å². The summed E-state index contributed by atoms with van der Waals surface area (Å²) in [5, 5.41) is 0. The van der Waals surface area contributed by atoms with Crippen molar-refractivity contribution in [1.29, 1.82) is 0 Å². The number of pyridine rings is 2. The Labute approximate surface area is 225 Å². The third-order valence-electron chi connectivity index (χ3n) is 7.71. The number of hydrogen-bond donors (Lipinski definition) is 0. The lowest BCUT2D eigenvalue weighted by molar-refractivity contribution is 0.670. The average molecular weight is 501 g/mol. The fourth-order valence-electron chi connectivity index (χ4n) is 6.11. The van der Waals surface area contributed by atoms with Crippen LogP contribution in [0.5, 0.6) is 0 Å². The minimum atomic E-state index is 0.345. The van der Waals surface area contributed by atoms with Crippen molar-refractivity contribution >= 4 is 0 Å². The molecule has 0 aliphatic heterocycles. The van der Waals surface area contributed by atoms with Gasteiger partial charge in [0.1, 0.15) is 6.33 Å². The number of aryl methyl sites for hydroxylation is 2. The zero-order valence-electron chi connectivity index (χ0n) is 24.9. The molecule has 37 heavy (non-hydrogen) atoms. The van der Waals surface area contributed by atoms with Crippen LogP contribution in [-0.4, -0.2) is 19.9 Å². The molecule has 0 radical (unpaired) electrons. The Morgan fingerprint density at radius 2 is 1.22 bits per heavy atom. The molecular formula is C33H48N4. The minimum Gasteiger partial charge on any atom is -0.264 e. The van der Waals surface area contributed by atoms with Crippen LogP contribution in [-0.2, 0) is 25.7 Å². The summed E-state index contributed by atoms with van der Waals surface area (Å²) in [6.45, 7) is 22.8. The first-order valence-electron chi connectivity index (χ1n) is 14.4. The summed E-state index contributed by atoms with van der Waals surface area (Å²) in [6.07, 6.45) is 11.8. The second-order valence-electron chi connectivity index (χ2n) is 11.6. The number of nitrogens with zero attached hydrogens (tertiary/aromatic N) is 4. The van der Waals surface area contributed by atoms with Gasteiger partial charge in [0.15, 0.2) is 0 Å². The molecule has 200 valence electrons. The standard InChI is InChI=1S/C33H48N4/c1-11-28-32(29(12-2)37-19-36-28)24(10)16-26-17-34-18-27(30(26)20(3)4)23(9)15-25-13-14-35-33(22(7)8)31(25)21(5)6/h13-14,17-24H,11-12,15-16H2,1-10H3. The Bertz CT molecular complexity index is 1160. The maximum Gasteiger partial charge on any atom is 0.115 e. The van der Waals surface area contributed by atoms with E-state index >= 15 is 0 Å². The first kappa shape index (κ1) is 28.9. The van der Waals surface area contributed by atoms with Crippen molar-refractivity contribution in [2.45, 2.75) is 125 Å². The molecule has 0 aromatic carbocycles. The molecule has 4 heteroatoms. The molecule has 3 aromatic rings. The van der Waals surface area contributed by atoms with Gasteiger partial charge in [-0.25, -0.2) is 9.97 Å². The predicted molar refractivity (Wildman–Crippen MR) is 156 cm³/mol. The summed E-state index contributed by atoms with van der Waals surface area (Å²) >= 11 is 0. The monoisotopic (exact) mass is 500 g/mol. The van der Waals surface area contributed by atoms with E-state index < -0.39 is 0 Å². The van der Waals surface area contributed by atoms with Crippen molar-refractivity contribution in [2.75, 3.05) is 0 Å². The van der Waals surface area contributed by atoms with Crippen LogP contribution in [0.1, 0.15) is 149 Å². The lowest BCUT2D eigenvalue weighted by Crippen LogP contribution is -2.14. The summed E-state index contributed by atoms with van der Waals surface area (Å²) < 4.78 is 0. The van der Waals surface area contributed by atoms with Gasteiger partial charge in [0.05, 0.1) is 0 Å². The van der Waals surface area contributed by atoms with Crippen LogP contribution >= 0.6 is 0 Å². The highest BCUT2D eigenvalue weighted by molar-refractivity contribution is 5.41. The fourth-order valence-corrected chi connectivity index (χ4v) is 6.11. The maximum atomic E-state index is 4.78. The quantitative estimate of drug-likeness (QED) is 0.265. The van der Waals surface area contributed by atoms with E-state index in [1.54, 1.807) is 6.33 Å². The Balaban J connectivity index is 2.00. The molecule has 0 amide bonds. The van der Waals surface area contributed by atoms with Crippen molar-refractivity contribution < 1.29 is 0 Å². The van der Waals surface area contributed by atoms with Gasteiger partial charge in [0.25, 0.3) is 0 Å². The van der Waals surface area contributed by atoms with Crippen LogP contribution in [0.3, 0.4) is 0 Å². The van der Waals surface area contributed by atoms with E-state index in [0.29, 0.717) is 29.6 Å². The summed E-state index contributed by atoms with van der Waals surface area (Å²) in [5.41, 5.74) is 12.0. The summed E-state index contributed by atoms with van der Waals surface area (Å²) in [6, 6.07) is 2.24. The molecule has 2 atom stereocenters. The van der Waals surface area contributed by atoms with Gasteiger partial charge in [0, 0.05) is 35.7 Å². The maximum absolute atomic E-state index is 4.78. The van der Waals surface area contributed by atoms with Gasteiger partial charge in [-0.15, -0.1) is 0 Å². The van der Waals surface area contributed by atoms with Crippen molar-refractivity contribution in [3.8, 4) is 0 Å². The molecule has 0 fully saturated rings. The molecule has 0 bridgehead atoms. The molecule has 3 heterocycles. The molecule has 0 saturated carbocycles. The van der Waals surface area contributed by atoms with E-state index in [1.807, 2.05) is 6.20 Å². The largest absolute Gasteiger partial charge is 0.264 e. The first-order valence-corrected chi connectivity index (χ1v) is 14.4. The minimum absolute atomic E-state index is 0.345. The summed E-state index contributed by atoms with van der Waals surface area (Å²) in [5.74, 6) is 2.03. The fraction of sp³-hybridized carbons (Fsp3) is 0.576. The van der Waals surface area contributed by atoms with E-state index in [-0.39, 0.29) is 0 Å². The van der Waals surface area contributed by atoms with E-state index in [0.717, 1.165) is 25.7 Å². The van der Waals surface area contributed by atoms with Crippen LogP contribution in [0.4, 0.5) is 0 Å². The second kappa shape index (κ2) is 12.8. The van der Waals surface area contributed by atoms with Crippen LogP contribution < -0.4 is 0 Å². The summed E-state index contributed by atoms with van der Waals surface area (Å²) in [4.78, 5) is 18.8. The number of aromatic nitrogens is 4. The molecule has 0 spiro atoms. The third kappa shape index (κ3) is 6.45. The van der Waals surface area contributed by atoms with E-state index in [1.165, 1.54) is 50.5 Å². The van der Waals surface area contributed by atoms with Gasteiger partial charge in [-0.05, 0) is 94.7 Å². The molecule has 4 nitrogen and oxygen atoms in total. The smallest absolute Gasteiger partial charge is 0.115 e. The van der Waals surface area contributed by atoms with Crippen molar-refractivity contribution in [3.63, 3.8) is 0 Å². The highest BCUT2D eigenvalue weighted by Gasteiger charge is 2.24. The van der Waals surface area contributed by atoms with Crippen molar-refractivity contribution in [2.24, 2.45) is 0 Å². The van der Waals surface area contributed by atoms with E-state index in [9.17, 15) is 0 Å². The van der Waals surface area contributed by atoms with Crippen LogP contribution in [0.25, 0.3) is 0 Å². The van der Waals surface area contributed by atoms with Crippen molar-refractivity contribution in [1.82, 2.24) is 19.9 Å². The molecule has 0 aliphatic rings. The third-order valence-corrected chi connectivity index (χ3v) is 7.71. The van der Waals surface area contributed by atoms with Gasteiger partial charge in [-0.2, -0.15) is 0 Å². The lowest BCUT2D eigenvalue weighted by atomic mass is 9.80. The molecule has 0 saturated heterocycles. The zero-order valence-corrected chi connectivity index (χ0v) is 24.9. The highest BCUT2D eigenvalue weighted by Crippen LogP contribution is 2.36. The zero-order chi connectivity index (χ0) is 27.3. The van der Waals surface area contributed by atoms with Gasteiger partial charge in [-0.1, -0.05) is 69.2 Å². The van der Waals surface area contributed by atoms with Gasteiger partial charge in [-0.3, -0.25) is 9.97 Å². The van der Waals surface area contributed by atoms with Gasteiger partial charge >= 0.3 is 0 Å². The topological polar surface area (TPSA) is 51.6 Å². The Kier molecular flexibility index (Phi) is 9.98.